The highest BCUT2D eigenvalue weighted by atomic mass is 19.1. The van der Waals surface area contributed by atoms with Gasteiger partial charge in [-0.15, -0.1) is 0 Å². The van der Waals surface area contributed by atoms with Gasteiger partial charge in [-0.2, -0.15) is 0 Å². The SMILES string of the molecule is C[C@@H](O)[C@@H](CC(=O)OCC1c2ccccc2-c2ccccc21)C(=O)N1CC(F)C1. The molecular weight excluding hydrogens is 373 g/mol. The van der Waals surface area contributed by atoms with Crippen LogP contribution in [0.25, 0.3) is 11.1 Å². The minimum absolute atomic E-state index is 0.0206. The van der Waals surface area contributed by atoms with Crippen LogP contribution in [0.15, 0.2) is 48.5 Å². The van der Waals surface area contributed by atoms with Gasteiger partial charge in [0, 0.05) is 5.92 Å². The van der Waals surface area contributed by atoms with Crippen LogP contribution in [0.2, 0.25) is 0 Å². The van der Waals surface area contributed by atoms with Crippen LogP contribution in [0.1, 0.15) is 30.4 Å². The number of ether oxygens (including phenoxy) is 1. The number of carbonyl (C=O) groups excluding carboxylic acids is 2. The van der Waals surface area contributed by atoms with Gasteiger partial charge < -0.3 is 14.7 Å². The van der Waals surface area contributed by atoms with Crippen molar-refractivity contribution in [2.75, 3.05) is 19.7 Å². The summed E-state index contributed by atoms with van der Waals surface area (Å²) in [5.41, 5.74) is 4.50. The van der Waals surface area contributed by atoms with Crippen LogP contribution in [0.4, 0.5) is 4.39 Å². The fourth-order valence-corrected chi connectivity index (χ4v) is 4.16. The van der Waals surface area contributed by atoms with Crippen molar-refractivity contribution in [1.82, 2.24) is 4.90 Å². The molecule has 0 aromatic heterocycles. The lowest BCUT2D eigenvalue weighted by atomic mass is 9.95. The molecule has 2 aliphatic rings. The third kappa shape index (κ3) is 3.77. The Morgan fingerprint density at radius 2 is 1.66 bits per heavy atom. The second-order valence-electron chi connectivity index (χ2n) is 7.80. The molecule has 1 aliphatic carbocycles. The van der Waals surface area contributed by atoms with Gasteiger partial charge in [-0.05, 0) is 29.2 Å². The maximum Gasteiger partial charge on any atom is 0.306 e. The van der Waals surface area contributed by atoms with Gasteiger partial charge in [-0.3, -0.25) is 9.59 Å². The van der Waals surface area contributed by atoms with E-state index in [0.29, 0.717) is 0 Å². The van der Waals surface area contributed by atoms with Crippen molar-refractivity contribution in [2.45, 2.75) is 31.5 Å². The molecule has 1 aliphatic heterocycles. The Hall–Kier alpha value is -2.73. The average molecular weight is 397 g/mol. The molecular formula is C23H24FNO4. The zero-order valence-electron chi connectivity index (χ0n) is 16.3. The highest BCUT2D eigenvalue weighted by Crippen LogP contribution is 2.44. The van der Waals surface area contributed by atoms with Crippen molar-refractivity contribution in [3.05, 3.63) is 59.7 Å². The predicted octanol–water partition coefficient (Wildman–Crippen LogP) is 2.91. The van der Waals surface area contributed by atoms with Crippen LogP contribution in [0.3, 0.4) is 0 Å². The molecule has 1 heterocycles. The molecule has 152 valence electrons. The van der Waals surface area contributed by atoms with Crippen LogP contribution < -0.4 is 0 Å². The first-order valence-electron chi connectivity index (χ1n) is 9.90. The Balaban J connectivity index is 1.42. The minimum Gasteiger partial charge on any atom is -0.465 e. The summed E-state index contributed by atoms with van der Waals surface area (Å²) in [5, 5.41) is 9.96. The number of rotatable bonds is 6. The van der Waals surface area contributed by atoms with E-state index >= 15 is 0 Å². The molecule has 6 heteroatoms. The number of aliphatic hydroxyl groups excluding tert-OH is 1. The van der Waals surface area contributed by atoms with E-state index in [-0.39, 0.29) is 32.0 Å². The molecule has 5 nitrogen and oxygen atoms in total. The summed E-state index contributed by atoms with van der Waals surface area (Å²) in [4.78, 5) is 26.2. The number of hydrogen-bond donors (Lipinski definition) is 1. The lowest BCUT2D eigenvalue weighted by Gasteiger charge is -2.37. The van der Waals surface area contributed by atoms with Crippen LogP contribution >= 0.6 is 0 Å². The fourth-order valence-electron chi connectivity index (χ4n) is 4.16. The van der Waals surface area contributed by atoms with E-state index in [1.807, 2.05) is 36.4 Å². The van der Waals surface area contributed by atoms with Crippen LogP contribution in [0.5, 0.6) is 0 Å². The van der Waals surface area contributed by atoms with Crippen molar-refractivity contribution in [1.29, 1.82) is 0 Å². The number of aliphatic hydroxyl groups is 1. The van der Waals surface area contributed by atoms with E-state index in [4.69, 9.17) is 4.74 Å². The molecule has 2 aromatic rings. The Kier molecular flexibility index (Phi) is 5.37. The molecule has 2 aromatic carbocycles. The Labute approximate surface area is 169 Å². The van der Waals surface area contributed by atoms with Gasteiger partial charge in [0.05, 0.1) is 31.5 Å². The molecule has 4 rings (SSSR count). The van der Waals surface area contributed by atoms with Crippen molar-refractivity contribution in [2.24, 2.45) is 5.92 Å². The number of likely N-dealkylation sites (tertiary alicyclic amines) is 1. The topological polar surface area (TPSA) is 66.8 Å². The van der Waals surface area contributed by atoms with E-state index < -0.39 is 30.1 Å². The summed E-state index contributed by atoms with van der Waals surface area (Å²) in [6, 6.07) is 16.1. The lowest BCUT2D eigenvalue weighted by Crippen LogP contribution is -2.55. The van der Waals surface area contributed by atoms with Crippen LogP contribution in [-0.4, -0.2) is 53.9 Å². The predicted molar refractivity (Wildman–Crippen MR) is 106 cm³/mol. The molecule has 0 radical (unpaired) electrons. The van der Waals surface area contributed by atoms with Crippen molar-refractivity contribution < 1.29 is 23.8 Å². The maximum absolute atomic E-state index is 13.0. The van der Waals surface area contributed by atoms with Gasteiger partial charge in [0.25, 0.3) is 0 Å². The molecule has 0 saturated carbocycles. The van der Waals surface area contributed by atoms with E-state index in [1.165, 1.54) is 11.8 Å². The standard InChI is InChI=1S/C23H24FNO4/c1-14(26)20(23(28)25-11-15(24)12-25)10-22(27)29-13-21-18-8-4-2-6-16(18)17-7-3-5-9-19(17)21/h2-9,14-15,20-21,26H,10-13H2,1H3/t14-,20-/m1/s1. The largest absolute Gasteiger partial charge is 0.465 e. The quantitative estimate of drug-likeness (QED) is 0.762. The first kappa shape index (κ1) is 19.6. The molecule has 0 spiro atoms. The van der Waals surface area contributed by atoms with Crippen LogP contribution in [0, 0.1) is 5.92 Å². The molecule has 0 bridgehead atoms. The third-order valence-electron chi connectivity index (χ3n) is 5.81. The van der Waals surface area contributed by atoms with E-state index in [0.717, 1.165) is 22.3 Å². The van der Waals surface area contributed by atoms with E-state index in [2.05, 4.69) is 12.1 Å². The number of carbonyl (C=O) groups is 2. The molecule has 0 unspecified atom stereocenters. The molecule has 2 atom stereocenters. The summed E-state index contributed by atoms with van der Waals surface area (Å²) >= 11 is 0. The minimum atomic E-state index is -1.02. The molecule has 29 heavy (non-hydrogen) atoms. The zero-order valence-corrected chi connectivity index (χ0v) is 16.3. The highest BCUT2D eigenvalue weighted by molar-refractivity contribution is 5.85. The summed E-state index contributed by atoms with van der Waals surface area (Å²) in [6.07, 6.45) is -2.26. The van der Waals surface area contributed by atoms with Crippen LogP contribution in [-0.2, 0) is 14.3 Å². The number of benzene rings is 2. The number of nitrogens with zero attached hydrogens (tertiary/aromatic N) is 1. The maximum atomic E-state index is 13.0. The highest BCUT2D eigenvalue weighted by Gasteiger charge is 2.38. The zero-order chi connectivity index (χ0) is 20.5. The number of hydrogen-bond acceptors (Lipinski definition) is 4. The third-order valence-corrected chi connectivity index (χ3v) is 5.81. The van der Waals surface area contributed by atoms with Gasteiger partial charge in [-0.1, -0.05) is 48.5 Å². The van der Waals surface area contributed by atoms with Gasteiger partial charge in [0.1, 0.15) is 12.8 Å². The molecule has 1 fully saturated rings. The fraction of sp³-hybridized carbons (Fsp3) is 0.391. The second kappa shape index (κ2) is 7.95. The summed E-state index contributed by atoms with van der Waals surface area (Å²) in [6.45, 7) is 1.68. The van der Waals surface area contributed by atoms with Gasteiger partial charge >= 0.3 is 5.97 Å². The Morgan fingerprint density at radius 1 is 1.10 bits per heavy atom. The molecule has 1 saturated heterocycles. The summed E-state index contributed by atoms with van der Waals surface area (Å²) in [7, 11) is 0. The normalized spacial score (nSPS) is 17.8. The van der Waals surface area contributed by atoms with Crippen molar-refractivity contribution >= 4 is 11.9 Å². The monoisotopic (exact) mass is 397 g/mol. The number of alkyl halides is 1. The van der Waals surface area contributed by atoms with Crippen molar-refractivity contribution in [3.8, 4) is 11.1 Å². The van der Waals surface area contributed by atoms with E-state index in [1.54, 1.807) is 0 Å². The molecule has 1 N–H and O–H groups in total. The molecule has 1 amide bonds. The number of fused-ring (bicyclic) bond motifs is 3. The second-order valence-corrected chi connectivity index (χ2v) is 7.80. The number of amides is 1. The summed E-state index contributed by atoms with van der Waals surface area (Å²) in [5.74, 6) is -1.92. The average Bonchev–Trinajstić information content (AvgIpc) is 3.01. The smallest absolute Gasteiger partial charge is 0.306 e. The van der Waals surface area contributed by atoms with Crippen molar-refractivity contribution in [3.63, 3.8) is 0 Å². The van der Waals surface area contributed by atoms with E-state index in [9.17, 15) is 19.1 Å². The lowest BCUT2D eigenvalue weighted by molar-refractivity contribution is -0.155. The number of esters is 1. The first-order valence-corrected chi connectivity index (χ1v) is 9.90. The Bertz CT molecular complexity index is 877. The Morgan fingerprint density at radius 3 is 2.17 bits per heavy atom. The first-order chi connectivity index (χ1) is 14.0. The van der Waals surface area contributed by atoms with Gasteiger partial charge in [0.2, 0.25) is 5.91 Å². The summed E-state index contributed by atoms with van der Waals surface area (Å²) < 4.78 is 18.6. The van der Waals surface area contributed by atoms with Gasteiger partial charge in [0.15, 0.2) is 0 Å². The number of halogens is 1. The van der Waals surface area contributed by atoms with Gasteiger partial charge in [-0.25, -0.2) is 4.39 Å².